The van der Waals surface area contributed by atoms with E-state index >= 15 is 0 Å². The Balaban J connectivity index is 2.07. The summed E-state index contributed by atoms with van der Waals surface area (Å²) < 4.78 is 5.89. The van der Waals surface area contributed by atoms with Crippen molar-refractivity contribution >= 4 is 21.6 Å². The van der Waals surface area contributed by atoms with Gasteiger partial charge >= 0.3 is 0 Å². The fraction of sp³-hybridized carbons (Fsp3) is 0.538. The van der Waals surface area contributed by atoms with Gasteiger partial charge in [0.1, 0.15) is 16.8 Å². The lowest BCUT2D eigenvalue weighted by atomic mass is 9.85. The second-order valence-electron chi connectivity index (χ2n) is 4.92. The molecule has 0 heterocycles. The van der Waals surface area contributed by atoms with Crippen LogP contribution in [0.15, 0.2) is 22.7 Å². The summed E-state index contributed by atoms with van der Waals surface area (Å²) in [5, 5.41) is 21.1. The summed E-state index contributed by atoms with van der Waals surface area (Å²) in [7, 11) is 0. The Hall–Kier alpha value is -1.14. The van der Waals surface area contributed by atoms with Crippen molar-refractivity contribution < 1.29 is 14.8 Å². The van der Waals surface area contributed by atoms with Gasteiger partial charge in [-0.25, -0.2) is 0 Å². The van der Waals surface area contributed by atoms with Crippen LogP contribution in [0.2, 0.25) is 0 Å². The SMILES string of the molecule is O=[N+]([O-])c1cccc(OCC2(O)CCCCC2)c1Br. The molecule has 0 atom stereocenters. The lowest BCUT2D eigenvalue weighted by molar-refractivity contribution is -0.385. The van der Waals surface area contributed by atoms with E-state index in [0.29, 0.717) is 10.2 Å². The van der Waals surface area contributed by atoms with Gasteiger partial charge in [0.25, 0.3) is 5.69 Å². The summed E-state index contributed by atoms with van der Waals surface area (Å²) >= 11 is 3.18. The molecule has 1 aromatic rings. The largest absolute Gasteiger partial charge is 0.489 e. The first-order chi connectivity index (χ1) is 9.02. The normalized spacial score (nSPS) is 18.0. The summed E-state index contributed by atoms with van der Waals surface area (Å²) in [6.07, 6.45) is 4.58. The summed E-state index contributed by atoms with van der Waals surface area (Å²) in [4.78, 5) is 10.3. The van der Waals surface area contributed by atoms with Gasteiger partial charge in [-0.05, 0) is 34.8 Å². The van der Waals surface area contributed by atoms with E-state index in [1.54, 1.807) is 12.1 Å². The predicted molar refractivity (Wildman–Crippen MR) is 74.3 cm³/mol. The van der Waals surface area contributed by atoms with Gasteiger partial charge in [-0.2, -0.15) is 0 Å². The average molecular weight is 330 g/mol. The third-order valence-electron chi connectivity index (χ3n) is 3.42. The summed E-state index contributed by atoms with van der Waals surface area (Å²) in [5.74, 6) is 0.396. The second-order valence-corrected chi connectivity index (χ2v) is 5.71. The summed E-state index contributed by atoms with van der Waals surface area (Å²) in [6, 6.07) is 4.64. The molecule has 1 saturated carbocycles. The second kappa shape index (κ2) is 5.88. The van der Waals surface area contributed by atoms with E-state index in [1.165, 1.54) is 6.07 Å². The maximum atomic E-state index is 10.8. The molecule has 0 aromatic heterocycles. The highest BCUT2D eigenvalue weighted by Crippen LogP contribution is 2.35. The molecule has 1 N–H and O–H groups in total. The van der Waals surface area contributed by atoms with E-state index in [-0.39, 0.29) is 12.3 Å². The zero-order valence-electron chi connectivity index (χ0n) is 10.5. The molecule has 2 rings (SSSR count). The van der Waals surface area contributed by atoms with Crippen LogP contribution in [0.25, 0.3) is 0 Å². The van der Waals surface area contributed by atoms with Crippen molar-refractivity contribution in [3.8, 4) is 5.75 Å². The third kappa shape index (κ3) is 3.45. The fourth-order valence-electron chi connectivity index (χ4n) is 2.32. The molecular weight excluding hydrogens is 314 g/mol. The first kappa shape index (κ1) is 14.3. The van der Waals surface area contributed by atoms with Crippen molar-refractivity contribution in [2.24, 2.45) is 0 Å². The summed E-state index contributed by atoms with van der Waals surface area (Å²) in [6.45, 7) is 0.173. The van der Waals surface area contributed by atoms with E-state index in [1.807, 2.05) is 0 Å². The first-order valence-electron chi connectivity index (χ1n) is 6.30. The van der Waals surface area contributed by atoms with Gasteiger partial charge in [-0.15, -0.1) is 0 Å². The van der Waals surface area contributed by atoms with Crippen LogP contribution in [-0.4, -0.2) is 22.2 Å². The van der Waals surface area contributed by atoms with Gasteiger partial charge in [0, 0.05) is 6.07 Å². The van der Waals surface area contributed by atoms with Gasteiger partial charge in [0.15, 0.2) is 0 Å². The van der Waals surface area contributed by atoms with Gasteiger partial charge in [-0.1, -0.05) is 25.3 Å². The van der Waals surface area contributed by atoms with Crippen LogP contribution in [0.5, 0.6) is 5.75 Å². The molecule has 1 aromatic carbocycles. The molecule has 0 saturated heterocycles. The number of ether oxygens (including phenoxy) is 1. The number of nitrogens with zero attached hydrogens (tertiary/aromatic N) is 1. The Bertz CT molecular complexity index is 472. The number of nitro groups is 1. The molecular formula is C13H16BrNO4. The molecule has 0 radical (unpaired) electrons. The van der Waals surface area contributed by atoms with E-state index in [2.05, 4.69) is 15.9 Å². The highest BCUT2D eigenvalue weighted by molar-refractivity contribution is 9.10. The van der Waals surface area contributed by atoms with Crippen LogP contribution in [-0.2, 0) is 0 Å². The number of halogens is 1. The Morgan fingerprint density at radius 1 is 1.37 bits per heavy atom. The molecule has 0 unspecified atom stereocenters. The molecule has 0 amide bonds. The Morgan fingerprint density at radius 2 is 2.05 bits per heavy atom. The third-order valence-corrected chi connectivity index (χ3v) is 4.22. The minimum absolute atomic E-state index is 0.0341. The van der Waals surface area contributed by atoms with Gasteiger partial charge in [0.05, 0.1) is 10.5 Å². The van der Waals surface area contributed by atoms with Crippen molar-refractivity contribution in [1.82, 2.24) is 0 Å². The molecule has 1 fully saturated rings. The van der Waals surface area contributed by atoms with Crippen molar-refractivity contribution in [2.45, 2.75) is 37.7 Å². The van der Waals surface area contributed by atoms with Gasteiger partial charge < -0.3 is 9.84 Å². The molecule has 0 bridgehead atoms. The lowest BCUT2D eigenvalue weighted by Gasteiger charge is -2.31. The van der Waals surface area contributed by atoms with Crippen molar-refractivity contribution in [2.75, 3.05) is 6.61 Å². The lowest BCUT2D eigenvalue weighted by Crippen LogP contribution is -2.37. The van der Waals surface area contributed by atoms with E-state index in [9.17, 15) is 15.2 Å². The zero-order valence-corrected chi connectivity index (χ0v) is 12.1. The highest BCUT2D eigenvalue weighted by Gasteiger charge is 2.30. The first-order valence-corrected chi connectivity index (χ1v) is 7.09. The van der Waals surface area contributed by atoms with Crippen LogP contribution in [0, 0.1) is 10.1 Å². The number of aliphatic hydroxyl groups is 1. The van der Waals surface area contributed by atoms with Crippen LogP contribution in [0.4, 0.5) is 5.69 Å². The zero-order chi connectivity index (χ0) is 13.9. The minimum atomic E-state index is -0.803. The number of hydrogen-bond donors (Lipinski definition) is 1. The number of hydrogen-bond acceptors (Lipinski definition) is 4. The predicted octanol–water partition coefficient (Wildman–Crippen LogP) is 3.43. The van der Waals surface area contributed by atoms with Crippen LogP contribution >= 0.6 is 15.9 Å². The van der Waals surface area contributed by atoms with Gasteiger partial charge in [-0.3, -0.25) is 10.1 Å². The average Bonchev–Trinajstić information content (AvgIpc) is 2.38. The highest BCUT2D eigenvalue weighted by atomic mass is 79.9. The van der Waals surface area contributed by atoms with Crippen LogP contribution in [0.1, 0.15) is 32.1 Å². The number of nitro benzene ring substituents is 1. The number of rotatable bonds is 4. The van der Waals surface area contributed by atoms with Crippen molar-refractivity contribution in [3.05, 3.63) is 32.8 Å². The number of benzene rings is 1. The molecule has 19 heavy (non-hydrogen) atoms. The molecule has 0 spiro atoms. The molecule has 104 valence electrons. The van der Waals surface area contributed by atoms with E-state index in [0.717, 1.165) is 32.1 Å². The summed E-state index contributed by atoms with van der Waals surface area (Å²) in [5.41, 5.74) is -0.837. The monoisotopic (exact) mass is 329 g/mol. The van der Waals surface area contributed by atoms with E-state index in [4.69, 9.17) is 4.74 Å². The topological polar surface area (TPSA) is 72.6 Å². The van der Waals surface area contributed by atoms with E-state index < -0.39 is 10.5 Å². The fourth-order valence-corrected chi connectivity index (χ4v) is 2.84. The van der Waals surface area contributed by atoms with Crippen molar-refractivity contribution in [1.29, 1.82) is 0 Å². The Kier molecular flexibility index (Phi) is 4.42. The van der Waals surface area contributed by atoms with Crippen molar-refractivity contribution in [3.63, 3.8) is 0 Å². The quantitative estimate of drug-likeness (QED) is 0.678. The Morgan fingerprint density at radius 3 is 2.68 bits per heavy atom. The molecule has 5 nitrogen and oxygen atoms in total. The maximum Gasteiger partial charge on any atom is 0.287 e. The molecule has 0 aliphatic heterocycles. The molecule has 1 aliphatic rings. The van der Waals surface area contributed by atoms with Crippen LogP contribution in [0.3, 0.4) is 0 Å². The van der Waals surface area contributed by atoms with Crippen LogP contribution < -0.4 is 4.74 Å². The Labute approximate surface area is 119 Å². The molecule has 6 heteroatoms. The standard InChI is InChI=1S/C13H16BrNO4/c14-12-10(15(17)18)5-4-6-11(12)19-9-13(16)7-2-1-3-8-13/h4-6,16H,1-3,7-9H2. The molecule has 1 aliphatic carbocycles. The maximum absolute atomic E-state index is 10.8. The van der Waals surface area contributed by atoms with Gasteiger partial charge in [0.2, 0.25) is 0 Å². The minimum Gasteiger partial charge on any atom is -0.489 e. The smallest absolute Gasteiger partial charge is 0.287 e.